The number of nitrogens with one attached hydrogen (secondary N) is 1. The first kappa shape index (κ1) is 11.9. The van der Waals surface area contributed by atoms with Crippen molar-refractivity contribution in [2.45, 2.75) is 0 Å². The summed E-state index contributed by atoms with van der Waals surface area (Å²) in [4.78, 5) is 0. The fraction of sp³-hybridized carbons (Fsp3) is 0. The highest BCUT2D eigenvalue weighted by Gasteiger charge is 2.05. The summed E-state index contributed by atoms with van der Waals surface area (Å²) in [6, 6.07) is 8.70. The van der Waals surface area contributed by atoms with E-state index in [1.165, 1.54) is 18.2 Å². The van der Waals surface area contributed by atoms with E-state index in [1.54, 1.807) is 18.2 Å². The second-order valence-electron chi connectivity index (χ2n) is 3.49. The standard InChI is InChI=1S/C12H9BrF2N2/c13-7-1-3-9(14)12(5-7)17-8-2-4-11(16)10(15)6-8/h1-6,17H,16H2. The van der Waals surface area contributed by atoms with Crippen molar-refractivity contribution in [2.24, 2.45) is 0 Å². The second-order valence-corrected chi connectivity index (χ2v) is 4.40. The van der Waals surface area contributed by atoms with Crippen LogP contribution in [-0.4, -0.2) is 0 Å². The van der Waals surface area contributed by atoms with Crippen molar-refractivity contribution in [3.8, 4) is 0 Å². The molecule has 2 aromatic carbocycles. The topological polar surface area (TPSA) is 38.0 Å². The molecule has 2 nitrogen and oxygen atoms in total. The Kier molecular flexibility index (Phi) is 3.28. The van der Waals surface area contributed by atoms with Crippen LogP contribution in [-0.2, 0) is 0 Å². The molecule has 0 spiro atoms. The van der Waals surface area contributed by atoms with Crippen LogP contribution in [0.25, 0.3) is 0 Å². The minimum Gasteiger partial charge on any atom is -0.396 e. The van der Waals surface area contributed by atoms with Crippen molar-refractivity contribution in [1.29, 1.82) is 0 Å². The van der Waals surface area contributed by atoms with Gasteiger partial charge in [-0.25, -0.2) is 8.78 Å². The average molecular weight is 299 g/mol. The highest BCUT2D eigenvalue weighted by molar-refractivity contribution is 9.10. The summed E-state index contributed by atoms with van der Waals surface area (Å²) in [7, 11) is 0. The van der Waals surface area contributed by atoms with E-state index in [2.05, 4.69) is 21.2 Å². The van der Waals surface area contributed by atoms with Crippen LogP contribution in [0.2, 0.25) is 0 Å². The Balaban J connectivity index is 2.31. The number of benzene rings is 2. The first-order chi connectivity index (χ1) is 8.06. The normalized spacial score (nSPS) is 10.3. The Labute approximate surface area is 106 Å². The SMILES string of the molecule is Nc1ccc(Nc2cc(Br)ccc2F)cc1F. The minimum atomic E-state index is -0.537. The van der Waals surface area contributed by atoms with Crippen molar-refractivity contribution >= 4 is 33.0 Å². The van der Waals surface area contributed by atoms with Gasteiger partial charge in [0.25, 0.3) is 0 Å². The molecule has 2 aromatic rings. The zero-order chi connectivity index (χ0) is 12.4. The van der Waals surface area contributed by atoms with Crippen LogP contribution in [0.3, 0.4) is 0 Å². The maximum atomic E-state index is 13.4. The number of hydrogen-bond donors (Lipinski definition) is 2. The molecule has 0 aromatic heterocycles. The average Bonchev–Trinajstić information content (AvgIpc) is 2.29. The van der Waals surface area contributed by atoms with Gasteiger partial charge >= 0.3 is 0 Å². The van der Waals surface area contributed by atoms with Gasteiger partial charge in [-0.3, -0.25) is 0 Å². The molecular weight excluding hydrogens is 290 g/mol. The quantitative estimate of drug-likeness (QED) is 0.821. The van der Waals surface area contributed by atoms with Gasteiger partial charge in [0.05, 0.1) is 11.4 Å². The fourth-order valence-corrected chi connectivity index (χ4v) is 1.71. The molecule has 17 heavy (non-hydrogen) atoms. The van der Waals surface area contributed by atoms with Gasteiger partial charge < -0.3 is 11.1 Å². The summed E-state index contributed by atoms with van der Waals surface area (Å²) in [5.74, 6) is -0.948. The third-order valence-corrected chi connectivity index (χ3v) is 2.70. The lowest BCUT2D eigenvalue weighted by Gasteiger charge is -2.08. The molecule has 0 bridgehead atoms. The maximum Gasteiger partial charge on any atom is 0.148 e. The molecule has 0 aliphatic carbocycles. The van der Waals surface area contributed by atoms with Crippen LogP contribution in [0, 0.1) is 11.6 Å². The predicted molar refractivity (Wildman–Crippen MR) is 68.2 cm³/mol. The largest absolute Gasteiger partial charge is 0.396 e. The molecule has 88 valence electrons. The zero-order valence-electron chi connectivity index (χ0n) is 8.68. The smallest absolute Gasteiger partial charge is 0.148 e. The third-order valence-electron chi connectivity index (χ3n) is 2.21. The number of halogens is 3. The Hall–Kier alpha value is -1.62. The Morgan fingerprint density at radius 3 is 2.47 bits per heavy atom. The van der Waals surface area contributed by atoms with E-state index in [1.807, 2.05) is 0 Å². The first-order valence-corrected chi connectivity index (χ1v) is 5.62. The van der Waals surface area contributed by atoms with E-state index in [0.29, 0.717) is 5.69 Å². The maximum absolute atomic E-state index is 13.4. The molecule has 2 rings (SSSR count). The summed E-state index contributed by atoms with van der Waals surface area (Å²) in [6.07, 6.45) is 0. The second kappa shape index (κ2) is 4.71. The first-order valence-electron chi connectivity index (χ1n) is 4.83. The van der Waals surface area contributed by atoms with Gasteiger partial charge in [0.15, 0.2) is 0 Å². The third kappa shape index (κ3) is 2.74. The van der Waals surface area contributed by atoms with Gasteiger partial charge in [-0.15, -0.1) is 0 Å². The Bertz CT molecular complexity index is 558. The lowest BCUT2D eigenvalue weighted by Crippen LogP contribution is -1.96. The number of hydrogen-bond acceptors (Lipinski definition) is 2. The van der Waals surface area contributed by atoms with E-state index in [9.17, 15) is 8.78 Å². The van der Waals surface area contributed by atoms with Crippen LogP contribution in [0.4, 0.5) is 25.8 Å². The highest BCUT2D eigenvalue weighted by Crippen LogP contribution is 2.25. The molecule has 0 fully saturated rings. The summed E-state index contributed by atoms with van der Waals surface area (Å²) in [5.41, 5.74) is 6.12. The van der Waals surface area contributed by atoms with Crippen molar-refractivity contribution < 1.29 is 8.78 Å². The molecular formula is C12H9BrF2N2. The predicted octanol–water partition coefficient (Wildman–Crippen LogP) is 4.05. The van der Waals surface area contributed by atoms with E-state index in [0.717, 1.165) is 4.47 Å². The van der Waals surface area contributed by atoms with Gasteiger partial charge in [-0.05, 0) is 36.4 Å². The number of nitrogens with two attached hydrogens (primary N) is 1. The zero-order valence-corrected chi connectivity index (χ0v) is 10.3. The highest BCUT2D eigenvalue weighted by atomic mass is 79.9. The summed E-state index contributed by atoms with van der Waals surface area (Å²) in [6.45, 7) is 0. The minimum absolute atomic E-state index is 0.0604. The monoisotopic (exact) mass is 298 g/mol. The van der Waals surface area contributed by atoms with Gasteiger partial charge in [0.2, 0.25) is 0 Å². The molecule has 0 unspecified atom stereocenters. The van der Waals surface area contributed by atoms with Crippen LogP contribution in [0.1, 0.15) is 0 Å². The van der Waals surface area contributed by atoms with Crippen molar-refractivity contribution in [3.63, 3.8) is 0 Å². The molecule has 5 heteroatoms. The lowest BCUT2D eigenvalue weighted by atomic mass is 10.2. The summed E-state index contributed by atoms with van der Waals surface area (Å²) >= 11 is 3.23. The van der Waals surface area contributed by atoms with Gasteiger partial charge in [0, 0.05) is 10.2 Å². The van der Waals surface area contributed by atoms with Gasteiger partial charge in [0.1, 0.15) is 11.6 Å². The van der Waals surface area contributed by atoms with Crippen molar-refractivity contribution in [3.05, 3.63) is 52.5 Å². The van der Waals surface area contributed by atoms with E-state index >= 15 is 0 Å². The Morgan fingerprint density at radius 2 is 1.76 bits per heavy atom. The van der Waals surface area contributed by atoms with E-state index < -0.39 is 11.6 Å². The number of nitrogen functional groups attached to an aromatic ring is 1. The molecule has 0 atom stereocenters. The molecule has 0 saturated carbocycles. The summed E-state index contributed by atoms with van der Waals surface area (Å²) in [5, 5.41) is 2.78. The molecule has 0 aliphatic heterocycles. The number of rotatable bonds is 2. The molecule has 0 saturated heterocycles. The van der Waals surface area contributed by atoms with Crippen molar-refractivity contribution in [2.75, 3.05) is 11.1 Å². The van der Waals surface area contributed by atoms with Gasteiger partial charge in [-0.2, -0.15) is 0 Å². The molecule has 0 amide bonds. The van der Waals surface area contributed by atoms with Crippen LogP contribution in [0.15, 0.2) is 40.9 Å². The van der Waals surface area contributed by atoms with E-state index in [4.69, 9.17) is 5.73 Å². The van der Waals surface area contributed by atoms with Gasteiger partial charge in [-0.1, -0.05) is 15.9 Å². The van der Waals surface area contributed by atoms with Crippen molar-refractivity contribution in [1.82, 2.24) is 0 Å². The van der Waals surface area contributed by atoms with Crippen LogP contribution >= 0.6 is 15.9 Å². The molecule has 0 radical (unpaired) electrons. The number of anilines is 3. The van der Waals surface area contributed by atoms with Crippen LogP contribution in [0.5, 0.6) is 0 Å². The van der Waals surface area contributed by atoms with Crippen LogP contribution < -0.4 is 11.1 Å². The Morgan fingerprint density at radius 1 is 1.00 bits per heavy atom. The molecule has 0 aliphatic rings. The molecule has 3 N–H and O–H groups in total. The lowest BCUT2D eigenvalue weighted by molar-refractivity contribution is 0.629. The van der Waals surface area contributed by atoms with E-state index in [-0.39, 0.29) is 11.4 Å². The fourth-order valence-electron chi connectivity index (χ4n) is 1.35. The molecule has 0 heterocycles. The summed E-state index contributed by atoms with van der Waals surface area (Å²) < 4.78 is 27.4.